The Morgan fingerprint density at radius 3 is 2.73 bits per heavy atom. The fraction of sp³-hybridized carbons (Fsp3) is 0.500. The molecule has 0 radical (unpaired) electrons. The van der Waals surface area contributed by atoms with Crippen molar-refractivity contribution in [2.24, 2.45) is 5.73 Å². The van der Waals surface area contributed by atoms with Crippen LogP contribution in [0.15, 0.2) is 24.3 Å². The predicted octanol–water partition coefficient (Wildman–Crippen LogP) is 1.19. The van der Waals surface area contributed by atoms with Gasteiger partial charge in [-0.2, -0.15) is 0 Å². The summed E-state index contributed by atoms with van der Waals surface area (Å²) in [7, 11) is 4.10. The Morgan fingerprint density at radius 1 is 1.40 bits per heavy atom. The van der Waals surface area contributed by atoms with Crippen molar-refractivity contribution in [3.8, 4) is 0 Å². The van der Waals surface area contributed by atoms with Gasteiger partial charge in [-0.25, -0.2) is 0 Å². The lowest BCUT2D eigenvalue weighted by atomic mass is 10.2. The smallest absolute Gasteiger partial charge is 0.0364 e. The maximum Gasteiger partial charge on any atom is 0.0364 e. The molecule has 15 heavy (non-hydrogen) atoms. The second-order valence-electron chi connectivity index (χ2n) is 4.08. The second-order valence-corrected chi connectivity index (χ2v) is 4.08. The summed E-state index contributed by atoms with van der Waals surface area (Å²) in [5, 5.41) is 3.37. The van der Waals surface area contributed by atoms with Crippen molar-refractivity contribution in [3.05, 3.63) is 29.8 Å². The Balaban J connectivity index is 2.58. The van der Waals surface area contributed by atoms with Crippen LogP contribution in [0.2, 0.25) is 0 Å². The molecule has 0 bridgehead atoms. The first-order chi connectivity index (χ1) is 7.13. The van der Waals surface area contributed by atoms with Gasteiger partial charge in [-0.3, -0.25) is 0 Å². The van der Waals surface area contributed by atoms with Crippen molar-refractivity contribution in [2.75, 3.05) is 25.5 Å². The van der Waals surface area contributed by atoms with Gasteiger partial charge in [0.05, 0.1) is 0 Å². The molecule has 0 saturated heterocycles. The largest absolute Gasteiger partial charge is 0.378 e. The van der Waals surface area contributed by atoms with Crippen LogP contribution < -0.4 is 16.0 Å². The van der Waals surface area contributed by atoms with Gasteiger partial charge in [0.1, 0.15) is 0 Å². The molecule has 0 heterocycles. The SMILES string of the molecule is CC(CN)NCc1cccc(N(C)C)c1. The van der Waals surface area contributed by atoms with Crippen molar-refractivity contribution >= 4 is 5.69 Å². The first kappa shape index (κ1) is 12.0. The van der Waals surface area contributed by atoms with Gasteiger partial charge in [0.15, 0.2) is 0 Å². The number of benzene rings is 1. The number of nitrogens with one attached hydrogen (secondary N) is 1. The van der Waals surface area contributed by atoms with Crippen LogP contribution >= 0.6 is 0 Å². The molecule has 0 spiro atoms. The summed E-state index contributed by atoms with van der Waals surface area (Å²) in [6, 6.07) is 8.88. The Labute approximate surface area is 92.3 Å². The third-order valence-electron chi connectivity index (χ3n) is 2.44. The van der Waals surface area contributed by atoms with Crippen molar-refractivity contribution in [1.29, 1.82) is 0 Å². The highest BCUT2D eigenvalue weighted by Gasteiger charge is 2.00. The van der Waals surface area contributed by atoms with Gasteiger partial charge >= 0.3 is 0 Å². The van der Waals surface area contributed by atoms with Gasteiger partial charge < -0.3 is 16.0 Å². The van der Waals surface area contributed by atoms with Crippen LogP contribution in [0.5, 0.6) is 0 Å². The Hall–Kier alpha value is -1.06. The lowest BCUT2D eigenvalue weighted by molar-refractivity contribution is 0.556. The minimum absolute atomic E-state index is 0.369. The molecule has 0 saturated carbocycles. The topological polar surface area (TPSA) is 41.3 Å². The average molecular weight is 207 g/mol. The van der Waals surface area contributed by atoms with E-state index in [0.29, 0.717) is 12.6 Å². The van der Waals surface area contributed by atoms with Gasteiger partial charge in [0.25, 0.3) is 0 Å². The third kappa shape index (κ3) is 3.90. The van der Waals surface area contributed by atoms with Gasteiger partial charge in [-0.15, -0.1) is 0 Å². The second kappa shape index (κ2) is 5.73. The highest BCUT2D eigenvalue weighted by atomic mass is 15.1. The normalized spacial score (nSPS) is 12.5. The quantitative estimate of drug-likeness (QED) is 0.762. The molecular weight excluding hydrogens is 186 g/mol. The summed E-state index contributed by atoms with van der Waals surface area (Å²) >= 11 is 0. The maximum absolute atomic E-state index is 5.54. The maximum atomic E-state index is 5.54. The molecule has 0 aliphatic heterocycles. The summed E-state index contributed by atoms with van der Waals surface area (Å²) in [4.78, 5) is 2.11. The fourth-order valence-corrected chi connectivity index (χ4v) is 1.32. The number of hydrogen-bond acceptors (Lipinski definition) is 3. The fourth-order valence-electron chi connectivity index (χ4n) is 1.32. The molecule has 0 fully saturated rings. The third-order valence-corrected chi connectivity index (χ3v) is 2.44. The minimum Gasteiger partial charge on any atom is -0.378 e. The van der Waals surface area contributed by atoms with Crippen LogP contribution in [0.1, 0.15) is 12.5 Å². The lowest BCUT2D eigenvalue weighted by Crippen LogP contribution is -2.32. The highest BCUT2D eigenvalue weighted by Crippen LogP contribution is 2.13. The molecule has 3 nitrogen and oxygen atoms in total. The van der Waals surface area contributed by atoms with Crippen LogP contribution in [0.25, 0.3) is 0 Å². The molecule has 1 atom stereocenters. The summed E-state index contributed by atoms with van der Waals surface area (Å²) in [6.07, 6.45) is 0. The van der Waals surface area contributed by atoms with Crippen molar-refractivity contribution in [2.45, 2.75) is 19.5 Å². The molecule has 1 aromatic rings. The zero-order valence-electron chi connectivity index (χ0n) is 9.83. The monoisotopic (exact) mass is 207 g/mol. The van der Waals surface area contributed by atoms with E-state index in [0.717, 1.165) is 6.54 Å². The van der Waals surface area contributed by atoms with Crippen LogP contribution in [0.4, 0.5) is 5.69 Å². The Kier molecular flexibility index (Phi) is 4.59. The molecule has 1 rings (SSSR count). The molecular formula is C12H21N3. The predicted molar refractivity (Wildman–Crippen MR) is 66.1 cm³/mol. The number of anilines is 1. The van der Waals surface area contributed by atoms with E-state index in [1.54, 1.807) is 0 Å². The zero-order valence-corrected chi connectivity index (χ0v) is 9.83. The molecule has 84 valence electrons. The standard InChI is InChI=1S/C12H21N3/c1-10(8-13)14-9-11-5-4-6-12(7-11)15(2)3/h4-7,10,14H,8-9,13H2,1-3H3. The molecule has 3 N–H and O–H groups in total. The van der Waals surface area contributed by atoms with Crippen LogP contribution in [0, 0.1) is 0 Å². The van der Waals surface area contributed by atoms with Crippen LogP contribution in [-0.2, 0) is 6.54 Å². The van der Waals surface area contributed by atoms with E-state index in [4.69, 9.17) is 5.73 Å². The van der Waals surface area contributed by atoms with Gasteiger partial charge in [0.2, 0.25) is 0 Å². The summed E-state index contributed by atoms with van der Waals surface area (Å²) in [5.74, 6) is 0. The molecule has 0 aromatic heterocycles. The zero-order chi connectivity index (χ0) is 11.3. The van der Waals surface area contributed by atoms with Gasteiger partial charge in [-0.1, -0.05) is 12.1 Å². The van der Waals surface area contributed by atoms with E-state index in [1.807, 2.05) is 0 Å². The molecule has 1 unspecified atom stereocenters. The minimum atomic E-state index is 0.369. The van der Waals surface area contributed by atoms with Gasteiger partial charge in [0, 0.05) is 38.9 Å². The van der Waals surface area contributed by atoms with Crippen molar-refractivity contribution in [3.63, 3.8) is 0 Å². The Morgan fingerprint density at radius 2 is 2.13 bits per heavy atom. The summed E-state index contributed by atoms with van der Waals surface area (Å²) in [5.41, 5.74) is 8.07. The van der Waals surface area contributed by atoms with Gasteiger partial charge in [-0.05, 0) is 24.6 Å². The average Bonchev–Trinajstić information content (AvgIpc) is 2.26. The van der Waals surface area contributed by atoms with Crippen LogP contribution in [-0.4, -0.2) is 26.7 Å². The van der Waals surface area contributed by atoms with E-state index >= 15 is 0 Å². The first-order valence-corrected chi connectivity index (χ1v) is 5.33. The van der Waals surface area contributed by atoms with E-state index in [9.17, 15) is 0 Å². The van der Waals surface area contributed by atoms with Crippen LogP contribution in [0.3, 0.4) is 0 Å². The van der Waals surface area contributed by atoms with E-state index in [2.05, 4.69) is 55.5 Å². The number of hydrogen-bond donors (Lipinski definition) is 2. The van der Waals surface area contributed by atoms with Crippen molar-refractivity contribution in [1.82, 2.24) is 5.32 Å². The summed E-state index contributed by atoms with van der Waals surface area (Å²) < 4.78 is 0. The first-order valence-electron chi connectivity index (χ1n) is 5.33. The lowest BCUT2D eigenvalue weighted by Gasteiger charge is -2.15. The number of nitrogens with zero attached hydrogens (tertiary/aromatic N) is 1. The van der Waals surface area contributed by atoms with Crippen molar-refractivity contribution < 1.29 is 0 Å². The molecule has 0 amide bonds. The number of nitrogens with two attached hydrogens (primary N) is 1. The van der Waals surface area contributed by atoms with E-state index in [1.165, 1.54) is 11.3 Å². The molecule has 3 heteroatoms. The molecule has 0 aliphatic carbocycles. The van der Waals surface area contributed by atoms with E-state index in [-0.39, 0.29) is 0 Å². The molecule has 1 aromatic carbocycles. The number of rotatable bonds is 5. The highest BCUT2D eigenvalue weighted by molar-refractivity contribution is 5.47. The Bertz CT molecular complexity index is 297. The molecule has 0 aliphatic rings. The summed E-state index contributed by atoms with van der Waals surface area (Å²) in [6.45, 7) is 3.64. The van der Waals surface area contributed by atoms with E-state index < -0.39 is 0 Å².